The van der Waals surface area contributed by atoms with Crippen LogP contribution >= 0.6 is 23.4 Å². The molecule has 0 saturated carbocycles. The van der Waals surface area contributed by atoms with Gasteiger partial charge in [0.15, 0.2) is 0 Å². The molecule has 4 rings (SSSR count). The fourth-order valence-electron chi connectivity index (χ4n) is 3.19. The van der Waals surface area contributed by atoms with Crippen molar-refractivity contribution in [1.82, 2.24) is 15.1 Å². The predicted molar refractivity (Wildman–Crippen MR) is 111 cm³/mol. The van der Waals surface area contributed by atoms with Crippen LogP contribution in [0.1, 0.15) is 29.6 Å². The summed E-state index contributed by atoms with van der Waals surface area (Å²) in [6.07, 6.45) is 2.07. The highest BCUT2D eigenvalue weighted by Crippen LogP contribution is 2.32. The summed E-state index contributed by atoms with van der Waals surface area (Å²) in [5.41, 5.74) is 0.599. The van der Waals surface area contributed by atoms with Gasteiger partial charge in [0.05, 0.1) is 10.8 Å². The van der Waals surface area contributed by atoms with Crippen LogP contribution in [0.4, 0.5) is 4.39 Å². The Bertz CT molecular complexity index is 1070. The molecule has 1 fully saturated rings. The molecule has 0 spiro atoms. The van der Waals surface area contributed by atoms with E-state index in [1.807, 2.05) is 0 Å². The van der Waals surface area contributed by atoms with Crippen LogP contribution in [0.2, 0.25) is 5.02 Å². The molecular weight excluding hydrogens is 429 g/mol. The highest BCUT2D eigenvalue weighted by Gasteiger charge is 2.33. The van der Waals surface area contributed by atoms with Gasteiger partial charge in [0.1, 0.15) is 5.82 Å². The number of imide groups is 1. The van der Waals surface area contributed by atoms with Gasteiger partial charge in [-0.3, -0.25) is 14.5 Å². The van der Waals surface area contributed by atoms with Crippen LogP contribution in [0.5, 0.6) is 0 Å². The Kier molecular flexibility index (Phi) is 6.15. The molecule has 0 unspecified atom stereocenters. The van der Waals surface area contributed by atoms with Gasteiger partial charge in [0.2, 0.25) is 5.91 Å². The van der Waals surface area contributed by atoms with Crippen molar-refractivity contribution in [3.05, 3.63) is 64.9 Å². The van der Waals surface area contributed by atoms with Crippen LogP contribution in [0.15, 0.2) is 58.2 Å². The maximum atomic E-state index is 13.9. The lowest BCUT2D eigenvalue weighted by Crippen LogP contribution is -2.41. The van der Waals surface area contributed by atoms with Crippen LogP contribution in [0.25, 0.3) is 11.5 Å². The fourth-order valence-corrected chi connectivity index (χ4v) is 4.29. The molecule has 3 aromatic rings. The van der Waals surface area contributed by atoms with Crippen molar-refractivity contribution < 1.29 is 18.4 Å². The van der Waals surface area contributed by atoms with Crippen molar-refractivity contribution in [1.29, 1.82) is 0 Å². The van der Waals surface area contributed by atoms with E-state index < -0.39 is 11.1 Å². The van der Waals surface area contributed by atoms with Crippen molar-refractivity contribution in [2.45, 2.75) is 29.7 Å². The van der Waals surface area contributed by atoms with E-state index in [2.05, 4.69) is 10.2 Å². The van der Waals surface area contributed by atoms with Crippen LogP contribution in [-0.2, 0) is 4.79 Å². The van der Waals surface area contributed by atoms with Gasteiger partial charge in [-0.1, -0.05) is 41.9 Å². The lowest BCUT2D eigenvalue weighted by atomic mass is 10.2. The first-order valence-electron chi connectivity index (χ1n) is 9.39. The van der Waals surface area contributed by atoms with Crippen molar-refractivity contribution in [2.75, 3.05) is 6.54 Å². The number of nitrogens with zero attached hydrogens (tertiary/aromatic N) is 3. The van der Waals surface area contributed by atoms with Gasteiger partial charge in [-0.2, -0.15) is 0 Å². The molecule has 0 aliphatic carbocycles. The molecule has 6 nitrogen and oxygen atoms in total. The summed E-state index contributed by atoms with van der Waals surface area (Å²) >= 11 is 6.98. The molecule has 1 aliphatic rings. The normalized spacial score (nSPS) is 17.1. The van der Waals surface area contributed by atoms with Crippen molar-refractivity contribution >= 4 is 35.2 Å². The van der Waals surface area contributed by atoms with E-state index in [0.717, 1.165) is 18.2 Å². The highest BCUT2D eigenvalue weighted by atomic mass is 35.5. The largest absolute Gasteiger partial charge is 0.411 e. The summed E-state index contributed by atoms with van der Waals surface area (Å²) in [4.78, 5) is 27.2. The zero-order chi connectivity index (χ0) is 21.1. The standard InChI is InChI=1S/C21H17ClFN3O3S/c22-14-10-8-13(9-11-14)19(27)26-12-4-3-7-17(20(26)28)30-21-25-24-18(29-21)15-5-1-2-6-16(15)23/h1-2,5-6,8-11,17H,3-4,7,12H2/t17-/m1/s1. The van der Waals surface area contributed by atoms with Crippen LogP contribution in [0, 0.1) is 5.82 Å². The Morgan fingerprint density at radius 2 is 1.90 bits per heavy atom. The number of amides is 2. The Hall–Kier alpha value is -2.71. The second kappa shape index (κ2) is 8.97. The number of thioether (sulfide) groups is 1. The number of aromatic nitrogens is 2. The molecule has 9 heteroatoms. The maximum absolute atomic E-state index is 13.9. The topological polar surface area (TPSA) is 76.3 Å². The Morgan fingerprint density at radius 3 is 2.67 bits per heavy atom. The molecule has 0 radical (unpaired) electrons. The van der Waals surface area contributed by atoms with Gasteiger partial charge in [0, 0.05) is 17.1 Å². The minimum absolute atomic E-state index is 0.0470. The van der Waals surface area contributed by atoms with E-state index in [4.69, 9.17) is 16.0 Å². The van der Waals surface area contributed by atoms with Gasteiger partial charge in [0.25, 0.3) is 17.0 Å². The molecule has 1 aliphatic heterocycles. The van der Waals surface area contributed by atoms with Crippen LogP contribution in [0.3, 0.4) is 0 Å². The molecule has 30 heavy (non-hydrogen) atoms. The monoisotopic (exact) mass is 445 g/mol. The average Bonchev–Trinajstić information content (AvgIpc) is 3.13. The SMILES string of the molecule is O=C(c1ccc(Cl)cc1)N1CCCC[C@@H](Sc2nnc(-c3ccccc3F)o2)C1=O. The first kappa shape index (κ1) is 20.6. The number of carbonyl (C=O) groups excluding carboxylic acids is 2. The molecule has 0 bridgehead atoms. The number of benzene rings is 2. The van der Waals surface area contributed by atoms with Gasteiger partial charge < -0.3 is 4.42 Å². The van der Waals surface area contributed by atoms with Gasteiger partial charge >= 0.3 is 0 Å². The van der Waals surface area contributed by atoms with E-state index in [0.29, 0.717) is 30.0 Å². The Morgan fingerprint density at radius 1 is 1.13 bits per heavy atom. The molecule has 0 N–H and O–H groups in total. The van der Waals surface area contributed by atoms with Crippen molar-refractivity contribution in [3.63, 3.8) is 0 Å². The number of halogens is 2. The Labute approximate surface area is 181 Å². The van der Waals surface area contributed by atoms with Gasteiger partial charge in [-0.25, -0.2) is 4.39 Å². The quantitative estimate of drug-likeness (QED) is 0.535. The maximum Gasteiger partial charge on any atom is 0.277 e. The van der Waals surface area contributed by atoms with Crippen LogP contribution in [-0.4, -0.2) is 38.7 Å². The molecule has 1 atom stereocenters. The van der Waals surface area contributed by atoms with E-state index in [-0.39, 0.29) is 28.5 Å². The zero-order valence-corrected chi connectivity index (χ0v) is 17.3. The zero-order valence-electron chi connectivity index (χ0n) is 15.8. The third-order valence-electron chi connectivity index (χ3n) is 4.73. The van der Waals surface area contributed by atoms with Crippen molar-refractivity contribution in [3.8, 4) is 11.5 Å². The summed E-state index contributed by atoms with van der Waals surface area (Å²) in [5.74, 6) is -1.08. The molecule has 1 saturated heterocycles. The van der Waals surface area contributed by atoms with E-state index in [1.165, 1.54) is 11.0 Å². The summed E-state index contributed by atoms with van der Waals surface area (Å²) < 4.78 is 19.5. The lowest BCUT2D eigenvalue weighted by molar-refractivity contribution is -0.127. The number of likely N-dealkylation sites (tertiary alicyclic amines) is 1. The fraction of sp³-hybridized carbons (Fsp3) is 0.238. The number of hydrogen-bond donors (Lipinski definition) is 0. The third kappa shape index (κ3) is 4.39. The summed E-state index contributed by atoms with van der Waals surface area (Å²) in [6.45, 7) is 0.349. The molecular formula is C21H17ClFN3O3S. The average molecular weight is 446 g/mol. The molecule has 1 aromatic heterocycles. The number of rotatable bonds is 4. The van der Waals surface area contributed by atoms with Gasteiger partial charge in [-0.05, 0) is 49.2 Å². The third-order valence-corrected chi connectivity index (χ3v) is 6.07. The minimum Gasteiger partial charge on any atom is -0.411 e. The second-order valence-electron chi connectivity index (χ2n) is 6.76. The van der Waals surface area contributed by atoms with E-state index in [1.54, 1.807) is 42.5 Å². The van der Waals surface area contributed by atoms with Crippen LogP contribution < -0.4 is 0 Å². The smallest absolute Gasteiger partial charge is 0.277 e. The van der Waals surface area contributed by atoms with E-state index in [9.17, 15) is 14.0 Å². The summed E-state index contributed by atoms with van der Waals surface area (Å²) in [7, 11) is 0. The summed E-state index contributed by atoms with van der Waals surface area (Å²) in [6, 6.07) is 12.5. The van der Waals surface area contributed by atoms with Crippen molar-refractivity contribution in [2.24, 2.45) is 0 Å². The predicted octanol–water partition coefficient (Wildman–Crippen LogP) is 4.84. The molecule has 154 valence electrons. The highest BCUT2D eigenvalue weighted by molar-refractivity contribution is 8.00. The molecule has 2 aromatic carbocycles. The first-order valence-corrected chi connectivity index (χ1v) is 10.6. The number of hydrogen-bond acceptors (Lipinski definition) is 6. The molecule has 2 amide bonds. The van der Waals surface area contributed by atoms with E-state index >= 15 is 0 Å². The summed E-state index contributed by atoms with van der Waals surface area (Å²) in [5, 5.41) is 7.96. The van der Waals surface area contributed by atoms with Gasteiger partial charge in [-0.15, -0.1) is 10.2 Å². The lowest BCUT2D eigenvalue weighted by Gasteiger charge is -2.21. The molecule has 2 heterocycles. The number of carbonyl (C=O) groups is 2. The first-order chi connectivity index (χ1) is 14.5. The Balaban J connectivity index is 1.51. The minimum atomic E-state index is -0.544. The second-order valence-corrected chi connectivity index (χ2v) is 8.35.